The Morgan fingerprint density at radius 3 is 2.89 bits per heavy atom. The van der Waals surface area contributed by atoms with Gasteiger partial charge in [0.25, 0.3) is 11.6 Å². The summed E-state index contributed by atoms with van der Waals surface area (Å²) < 4.78 is 5.39. The number of amides is 2. The zero-order valence-electron chi connectivity index (χ0n) is 14.8. The number of carboxylic acid groups (broad SMARTS) is 1. The maximum absolute atomic E-state index is 12.9. The van der Waals surface area contributed by atoms with Gasteiger partial charge in [0.15, 0.2) is 5.17 Å². The van der Waals surface area contributed by atoms with Gasteiger partial charge in [0.05, 0.1) is 6.42 Å². The molecule has 0 radical (unpaired) electrons. The van der Waals surface area contributed by atoms with E-state index in [-0.39, 0.29) is 28.9 Å². The molecular formula is C16H18N4O5S3. The Kier molecular flexibility index (Phi) is 6.03. The Morgan fingerprint density at radius 1 is 1.57 bits per heavy atom. The molecule has 28 heavy (non-hydrogen) atoms. The average molecular weight is 443 g/mol. The van der Waals surface area contributed by atoms with Crippen LogP contribution in [0, 0.1) is 5.41 Å². The van der Waals surface area contributed by atoms with Gasteiger partial charge in [-0.05, 0) is 17.0 Å². The summed E-state index contributed by atoms with van der Waals surface area (Å²) >= 11 is 3.73. The summed E-state index contributed by atoms with van der Waals surface area (Å²) in [5, 5.41) is 20.6. The zero-order valence-corrected chi connectivity index (χ0v) is 17.2. The molecule has 9 nitrogen and oxygen atoms in total. The number of rotatable bonds is 7. The lowest BCUT2D eigenvalue weighted by atomic mass is 9.98. The molecule has 1 saturated heterocycles. The smallest absolute Gasteiger partial charge is 0.352 e. The summed E-state index contributed by atoms with van der Waals surface area (Å²) in [6.45, 7) is 0. The van der Waals surface area contributed by atoms with Crippen LogP contribution < -0.4 is 11.1 Å². The molecule has 0 aliphatic carbocycles. The number of carbonyl (C=O) groups excluding carboxylic acids is 2. The number of amidine groups is 1. The van der Waals surface area contributed by atoms with E-state index in [9.17, 15) is 19.5 Å². The first-order valence-electron chi connectivity index (χ1n) is 8.06. The number of hydrogen-bond donors (Lipinski definition) is 4. The summed E-state index contributed by atoms with van der Waals surface area (Å²) in [5.74, 6) is -1.73. The third kappa shape index (κ3) is 3.64. The normalized spacial score (nSPS) is 23.8. The molecular weight excluding hydrogens is 424 g/mol. The number of carboxylic acids is 1. The molecule has 3 rings (SSSR count). The van der Waals surface area contributed by atoms with Gasteiger partial charge in [-0.15, -0.1) is 23.1 Å². The highest BCUT2D eigenvalue weighted by atomic mass is 32.2. The van der Waals surface area contributed by atoms with E-state index >= 15 is 0 Å². The number of hydrogen-bond acceptors (Lipinski definition) is 8. The zero-order chi connectivity index (χ0) is 20.5. The van der Waals surface area contributed by atoms with Crippen LogP contribution in [0.4, 0.5) is 0 Å². The molecule has 2 aliphatic heterocycles. The Hall–Kier alpha value is -2.02. The molecule has 2 atom stereocenters. The molecule has 1 unspecified atom stereocenters. The highest BCUT2D eigenvalue weighted by molar-refractivity contribution is 8.13. The van der Waals surface area contributed by atoms with Gasteiger partial charge < -0.3 is 20.9 Å². The molecule has 1 aromatic heterocycles. The number of fused-ring (bicyclic) bond motifs is 1. The number of aliphatic carboxylic acids is 1. The van der Waals surface area contributed by atoms with E-state index in [1.54, 1.807) is 0 Å². The van der Waals surface area contributed by atoms with Gasteiger partial charge >= 0.3 is 5.97 Å². The quantitative estimate of drug-likeness (QED) is 0.208. The molecule has 0 spiro atoms. The van der Waals surface area contributed by atoms with Crippen molar-refractivity contribution in [3.63, 3.8) is 0 Å². The Morgan fingerprint density at radius 2 is 2.32 bits per heavy atom. The van der Waals surface area contributed by atoms with Crippen molar-refractivity contribution in [2.24, 2.45) is 5.73 Å². The van der Waals surface area contributed by atoms with Gasteiger partial charge in [-0.2, -0.15) is 0 Å². The van der Waals surface area contributed by atoms with Crippen molar-refractivity contribution in [1.82, 2.24) is 10.2 Å². The summed E-state index contributed by atoms with van der Waals surface area (Å²) in [5.41, 5.74) is 4.09. The maximum Gasteiger partial charge on any atom is 0.352 e. The second-order valence-electron chi connectivity index (χ2n) is 5.99. The highest BCUT2D eigenvalue weighted by Crippen LogP contribution is 2.47. The van der Waals surface area contributed by atoms with Gasteiger partial charge in [0.2, 0.25) is 5.91 Å². The highest BCUT2D eigenvalue weighted by Gasteiger charge is 2.66. The van der Waals surface area contributed by atoms with Gasteiger partial charge in [-0.25, -0.2) is 4.79 Å². The number of carbonyl (C=O) groups is 3. The molecule has 5 N–H and O–H groups in total. The maximum atomic E-state index is 12.9. The number of β-lactam (4-membered cyclic amide) rings is 1. The summed E-state index contributed by atoms with van der Waals surface area (Å²) in [6, 6.07) is 3.65. The molecule has 0 bridgehead atoms. The molecule has 1 aromatic rings. The van der Waals surface area contributed by atoms with E-state index in [1.165, 1.54) is 30.2 Å². The van der Waals surface area contributed by atoms with E-state index in [0.29, 0.717) is 11.3 Å². The van der Waals surface area contributed by atoms with Gasteiger partial charge in [0, 0.05) is 23.5 Å². The minimum Gasteiger partial charge on any atom is -0.477 e. The number of ether oxygens (including phenoxy) is 1. The van der Waals surface area contributed by atoms with E-state index < -0.39 is 23.0 Å². The fraction of sp³-hybridized carbons (Fsp3) is 0.375. The monoisotopic (exact) mass is 442 g/mol. The van der Waals surface area contributed by atoms with Crippen LogP contribution >= 0.6 is 34.9 Å². The Balaban J connectivity index is 1.81. The van der Waals surface area contributed by atoms with Crippen molar-refractivity contribution < 1.29 is 24.2 Å². The predicted octanol–water partition coefficient (Wildman–Crippen LogP) is 0.630. The summed E-state index contributed by atoms with van der Waals surface area (Å²) in [6.07, 6.45) is 0.107. The lowest BCUT2D eigenvalue weighted by Gasteiger charge is -2.55. The van der Waals surface area contributed by atoms with E-state index in [4.69, 9.17) is 15.9 Å². The molecule has 3 heterocycles. The number of nitrogens with zero attached hydrogens (tertiary/aromatic N) is 1. The van der Waals surface area contributed by atoms with E-state index in [1.807, 2.05) is 17.5 Å². The van der Waals surface area contributed by atoms with Crippen molar-refractivity contribution in [1.29, 1.82) is 5.41 Å². The number of thioether (sulfide) groups is 2. The van der Waals surface area contributed by atoms with Crippen molar-refractivity contribution in [2.75, 3.05) is 18.6 Å². The van der Waals surface area contributed by atoms with Crippen LogP contribution in [0.25, 0.3) is 0 Å². The van der Waals surface area contributed by atoms with E-state index in [0.717, 1.165) is 21.5 Å². The first-order chi connectivity index (χ1) is 13.3. The Labute approximate surface area is 173 Å². The third-order valence-corrected chi connectivity index (χ3v) is 7.33. The van der Waals surface area contributed by atoms with Gasteiger partial charge in [-0.3, -0.25) is 19.9 Å². The number of methoxy groups -OCH3 is 1. The Bertz CT molecular complexity index is 856. The fourth-order valence-electron chi connectivity index (χ4n) is 3.04. The van der Waals surface area contributed by atoms with Crippen molar-refractivity contribution >= 4 is 57.8 Å². The standard InChI is InChI=1S/C16H18N4O5S3/c1-25-16(19-10(21)5-9-3-2-4-26-9)13(24)20-11(12(22)23)8(6-27-14(16)20)7-28-15(17)18/h2-4,14H,5-7H2,1H3,(H3,17,18)(H,19,21)(H,22,23)/t14-,16?/m0/s1. The molecule has 2 amide bonds. The average Bonchev–Trinajstić information content (AvgIpc) is 3.15. The van der Waals surface area contributed by atoms with Crippen LogP contribution in [-0.4, -0.2) is 62.7 Å². The second kappa shape index (κ2) is 8.15. The predicted molar refractivity (Wildman–Crippen MR) is 108 cm³/mol. The number of nitrogens with two attached hydrogens (primary N) is 1. The van der Waals surface area contributed by atoms with Crippen LogP contribution in [0.2, 0.25) is 0 Å². The molecule has 2 aliphatic rings. The second-order valence-corrected chi connectivity index (χ2v) is 9.11. The number of nitrogens with one attached hydrogen (secondary N) is 2. The molecule has 12 heteroatoms. The SMILES string of the molecule is COC1(NC(=O)Cc2cccs2)C(=O)N2C(C(=O)O)=C(CSC(=N)N)CS[C@H]21. The van der Waals surface area contributed by atoms with E-state index in [2.05, 4.69) is 5.32 Å². The summed E-state index contributed by atoms with van der Waals surface area (Å²) in [7, 11) is 1.31. The van der Waals surface area contributed by atoms with Crippen LogP contribution in [0.5, 0.6) is 0 Å². The molecule has 150 valence electrons. The molecule has 0 saturated carbocycles. The van der Waals surface area contributed by atoms with Crippen LogP contribution in [0.1, 0.15) is 4.88 Å². The van der Waals surface area contributed by atoms with Crippen LogP contribution in [0.15, 0.2) is 28.8 Å². The first-order valence-corrected chi connectivity index (χ1v) is 11.0. The molecule has 0 aromatic carbocycles. The van der Waals surface area contributed by atoms with Crippen LogP contribution in [-0.2, 0) is 25.5 Å². The molecule has 1 fully saturated rings. The van der Waals surface area contributed by atoms with Crippen molar-refractivity contribution in [3.05, 3.63) is 33.7 Å². The topological polar surface area (TPSA) is 146 Å². The number of thiophene rings is 1. The lowest BCUT2D eigenvalue weighted by molar-refractivity contribution is -0.192. The summed E-state index contributed by atoms with van der Waals surface area (Å²) in [4.78, 5) is 39.1. The van der Waals surface area contributed by atoms with Crippen molar-refractivity contribution in [2.45, 2.75) is 17.5 Å². The minimum absolute atomic E-state index is 0.107. The van der Waals surface area contributed by atoms with Crippen LogP contribution in [0.3, 0.4) is 0 Å². The van der Waals surface area contributed by atoms with Gasteiger partial charge in [-0.1, -0.05) is 17.8 Å². The van der Waals surface area contributed by atoms with Gasteiger partial charge in [0.1, 0.15) is 11.1 Å². The first kappa shape index (κ1) is 20.7. The lowest BCUT2D eigenvalue weighted by Crippen LogP contribution is -2.80. The van der Waals surface area contributed by atoms with Crippen molar-refractivity contribution in [3.8, 4) is 0 Å². The largest absolute Gasteiger partial charge is 0.477 e. The third-order valence-electron chi connectivity index (χ3n) is 4.28. The fourth-order valence-corrected chi connectivity index (χ4v) is 5.88. The minimum atomic E-state index is -1.60.